The van der Waals surface area contributed by atoms with Crippen molar-refractivity contribution in [1.29, 1.82) is 0 Å². The van der Waals surface area contributed by atoms with Gasteiger partial charge in [0.2, 0.25) is 0 Å². The van der Waals surface area contributed by atoms with Crippen molar-refractivity contribution >= 4 is 23.4 Å². The fourth-order valence-corrected chi connectivity index (χ4v) is 1.71. The summed E-state index contributed by atoms with van der Waals surface area (Å²) in [6, 6.07) is 15.8. The van der Waals surface area contributed by atoms with Crippen LogP contribution >= 0.6 is 0 Å². The Morgan fingerprint density at radius 1 is 0.905 bits per heavy atom. The molecule has 0 aliphatic rings. The number of rotatable bonds is 4. The minimum atomic E-state index is -0.501. The SMILES string of the molecule is CCOC(=O)Nc1ccc(NC(=O)c2ccccc2)cc1. The zero-order valence-electron chi connectivity index (χ0n) is 11.6. The number of hydrogen-bond acceptors (Lipinski definition) is 3. The van der Waals surface area contributed by atoms with Crippen LogP contribution in [0, 0.1) is 0 Å². The molecule has 0 aliphatic carbocycles. The van der Waals surface area contributed by atoms with Crippen LogP contribution in [0.1, 0.15) is 17.3 Å². The van der Waals surface area contributed by atoms with Gasteiger partial charge in [0.25, 0.3) is 5.91 Å². The Balaban J connectivity index is 1.96. The maximum absolute atomic E-state index is 12.0. The van der Waals surface area contributed by atoms with Crippen LogP contribution in [0.15, 0.2) is 54.6 Å². The molecule has 0 heterocycles. The molecule has 0 unspecified atom stereocenters. The van der Waals surface area contributed by atoms with Gasteiger partial charge in [-0.05, 0) is 43.3 Å². The van der Waals surface area contributed by atoms with Crippen molar-refractivity contribution in [2.24, 2.45) is 0 Å². The minimum Gasteiger partial charge on any atom is -0.450 e. The highest BCUT2D eigenvalue weighted by molar-refractivity contribution is 6.04. The molecule has 0 aliphatic heterocycles. The first-order chi connectivity index (χ1) is 10.2. The van der Waals surface area contributed by atoms with Crippen LogP contribution in [0.25, 0.3) is 0 Å². The number of carbonyl (C=O) groups is 2. The van der Waals surface area contributed by atoms with Crippen LogP contribution in [0.4, 0.5) is 16.2 Å². The van der Waals surface area contributed by atoms with E-state index in [9.17, 15) is 9.59 Å². The first-order valence-corrected chi connectivity index (χ1v) is 6.59. The predicted octanol–water partition coefficient (Wildman–Crippen LogP) is 3.51. The Morgan fingerprint density at radius 3 is 2.05 bits per heavy atom. The topological polar surface area (TPSA) is 67.4 Å². The van der Waals surface area contributed by atoms with Gasteiger partial charge in [-0.1, -0.05) is 18.2 Å². The van der Waals surface area contributed by atoms with E-state index in [0.29, 0.717) is 23.5 Å². The van der Waals surface area contributed by atoms with E-state index in [0.717, 1.165) is 0 Å². The summed E-state index contributed by atoms with van der Waals surface area (Å²) in [4.78, 5) is 23.2. The summed E-state index contributed by atoms with van der Waals surface area (Å²) >= 11 is 0. The van der Waals surface area contributed by atoms with E-state index >= 15 is 0 Å². The van der Waals surface area contributed by atoms with E-state index in [4.69, 9.17) is 4.74 Å². The number of hydrogen-bond donors (Lipinski definition) is 2. The van der Waals surface area contributed by atoms with E-state index in [-0.39, 0.29) is 5.91 Å². The normalized spacial score (nSPS) is 9.76. The Hall–Kier alpha value is -2.82. The summed E-state index contributed by atoms with van der Waals surface area (Å²) < 4.78 is 4.78. The Bertz CT molecular complexity index is 609. The standard InChI is InChI=1S/C16H16N2O3/c1-2-21-16(20)18-14-10-8-13(9-11-14)17-15(19)12-6-4-3-5-7-12/h3-11H,2H2,1H3,(H,17,19)(H,18,20). The zero-order valence-corrected chi connectivity index (χ0v) is 11.6. The van der Waals surface area contributed by atoms with Crippen molar-refractivity contribution in [3.05, 3.63) is 60.2 Å². The summed E-state index contributed by atoms with van der Waals surface area (Å²) in [5.41, 5.74) is 1.84. The van der Waals surface area contributed by atoms with Crippen molar-refractivity contribution in [2.45, 2.75) is 6.92 Å². The number of ether oxygens (including phenoxy) is 1. The lowest BCUT2D eigenvalue weighted by molar-refractivity contribution is 0.102. The van der Waals surface area contributed by atoms with E-state index in [1.54, 1.807) is 55.5 Å². The lowest BCUT2D eigenvalue weighted by atomic mass is 10.2. The summed E-state index contributed by atoms with van der Waals surface area (Å²) in [6.07, 6.45) is -0.501. The molecule has 2 aromatic carbocycles. The smallest absolute Gasteiger partial charge is 0.411 e. The van der Waals surface area contributed by atoms with Gasteiger partial charge >= 0.3 is 6.09 Å². The second-order valence-corrected chi connectivity index (χ2v) is 4.24. The maximum Gasteiger partial charge on any atom is 0.411 e. The molecule has 0 spiro atoms. The van der Waals surface area contributed by atoms with Gasteiger partial charge in [0, 0.05) is 16.9 Å². The molecule has 0 saturated carbocycles. The Morgan fingerprint density at radius 2 is 1.48 bits per heavy atom. The van der Waals surface area contributed by atoms with Crippen LogP contribution < -0.4 is 10.6 Å². The molecule has 5 heteroatoms. The molecule has 108 valence electrons. The monoisotopic (exact) mass is 284 g/mol. The minimum absolute atomic E-state index is 0.179. The van der Waals surface area contributed by atoms with Gasteiger partial charge in [-0.15, -0.1) is 0 Å². The molecule has 2 N–H and O–H groups in total. The van der Waals surface area contributed by atoms with E-state index in [2.05, 4.69) is 10.6 Å². The van der Waals surface area contributed by atoms with Gasteiger partial charge in [0.1, 0.15) is 0 Å². The van der Waals surface area contributed by atoms with Gasteiger partial charge in [0.15, 0.2) is 0 Å². The summed E-state index contributed by atoms with van der Waals surface area (Å²) in [5, 5.41) is 5.36. The van der Waals surface area contributed by atoms with Gasteiger partial charge in [-0.25, -0.2) is 4.79 Å². The van der Waals surface area contributed by atoms with Crippen LogP contribution in [-0.2, 0) is 4.74 Å². The molecular formula is C16H16N2O3. The summed E-state index contributed by atoms with van der Waals surface area (Å²) in [6.45, 7) is 2.05. The molecule has 0 aromatic heterocycles. The van der Waals surface area contributed by atoms with Gasteiger partial charge < -0.3 is 10.1 Å². The van der Waals surface area contributed by atoms with Crippen LogP contribution in [-0.4, -0.2) is 18.6 Å². The fourth-order valence-electron chi connectivity index (χ4n) is 1.71. The molecule has 0 atom stereocenters. The molecular weight excluding hydrogens is 268 g/mol. The van der Waals surface area contributed by atoms with Gasteiger partial charge in [0.05, 0.1) is 6.61 Å². The molecule has 21 heavy (non-hydrogen) atoms. The Kier molecular flexibility index (Phi) is 4.93. The number of anilines is 2. The highest BCUT2D eigenvalue weighted by Gasteiger charge is 2.06. The zero-order chi connectivity index (χ0) is 15.1. The Labute approximate surface area is 122 Å². The van der Waals surface area contributed by atoms with Crippen molar-refractivity contribution in [3.8, 4) is 0 Å². The van der Waals surface area contributed by atoms with Crippen molar-refractivity contribution in [3.63, 3.8) is 0 Å². The number of benzene rings is 2. The molecule has 0 bridgehead atoms. The fraction of sp³-hybridized carbons (Fsp3) is 0.125. The molecule has 5 nitrogen and oxygen atoms in total. The van der Waals surface area contributed by atoms with Crippen molar-refractivity contribution < 1.29 is 14.3 Å². The van der Waals surface area contributed by atoms with Crippen molar-refractivity contribution in [1.82, 2.24) is 0 Å². The van der Waals surface area contributed by atoms with Gasteiger partial charge in [-0.3, -0.25) is 10.1 Å². The summed E-state index contributed by atoms with van der Waals surface area (Å²) in [5.74, 6) is -0.179. The molecule has 2 rings (SSSR count). The number of nitrogens with one attached hydrogen (secondary N) is 2. The highest BCUT2D eigenvalue weighted by Crippen LogP contribution is 2.14. The third-order valence-electron chi connectivity index (χ3n) is 2.70. The highest BCUT2D eigenvalue weighted by atomic mass is 16.5. The largest absolute Gasteiger partial charge is 0.450 e. The van der Waals surface area contributed by atoms with Crippen LogP contribution in [0.3, 0.4) is 0 Å². The van der Waals surface area contributed by atoms with Crippen molar-refractivity contribution in [2.75, 3.05) is 17.2 Å². The lowest BCUT2D eigenvalue weighted by Gasteiger charge is -2.08. The quantitative estimate of drug-likeness (QED) is 0.902. The lowest BCUT2D eigenvalue weighted by Crippen LogP contribution is -2.14. The van der Waals surface area contributed by atoms with E-state index < -0.39 is 6.09 Å². The van der Waals surface area contributed by atoms with Crippen LogP contribution in [0.5, 0.6) is 0 Å². The summed E-state index contributed by atoms with van der Waals surface area (Å²) in [7, 11) is 0. The second-order valence-electron chi connectivity index (χ2n) is 4.24. The third kappa shape index (κ3) is 4.35. The van der Waals surface area contributed by atoms with Gasteiger partial charge in [-0.2, -0.15) is 0 Å². The molecule has 0 saturated heterocycles. The maximum atomic E-state index is 12.0. The molecule has 0 fully saturated rings. The molecule has 2 aromatic rings. The average Bonchev–Trinajstić information content (AvgIpc) is 2.50. The second kappa shape index (κ2) is 7.09. The van der Waals surface area contributed by atoms with E-state index in [1.807, 2.05) is 6.07 Å². The first-order valence-electron chi connectivity index (χ1n) is 6.59. The molecule has 2 amide bonds. The first kappa shape index (κ1) is 14.6. The average molecular weight is 284 g/mol. The molecule has 0 radical (unpaired) electrons. The number of carbonyl (C=O) groups excluding carboxylic acids is 2. The third-order valence-corrected chi connectivity index (χ3v) is 2.70. The van der Waals surface area contributed by atoms with Crippen LogP contribution in [0.2, 0.25) is 0 Å². The van der Waals surface area contributed by atoms with E-state index in [1.165, 1.54) is 0 Å². The predicted molar refractivity (Wildman–Crippen MR) is 81.5 cm³/mol. The number of amides is 2.